The van der Waals surface area contributed by atoms with Crippen molar-refractivity contribution in [2.45, 2.75) is 27.4 Å². The molecule has 0 aliphatic heterocycles. The summed E-state index contributed by atoms with van der Waals surface area (Å²) in [6.45, 7) is 6.02. The van der Waals surface area contributed by atoms with Gasteiger partial charge in [-0.25, -0.2) is 9.18 Å². The molecule has 0 fully saturated rings. The van der Waals surface area contributed by atoms with E-state index >= 15 is 0 Å². The van der Waals surface area contributed by atoms with Crippen LogP contribution in [0.5, 0.6) is 11.5 Å². The number of hydrogen-bond donors (Lipinski definition) is 1. The second-order valence-electron chi connectivity index (χ2n) is 6.67. The topological polar surface area (TPSA) is 76.1 Å². The first-order chi connectivity index (χ1) is 14.8. The molecule has 0 unspecified atom stereocenters. The summed E-state index contributed by atoms with van der Waals surface area (Å²) in [6.07, 6.45) is 1.52. The fraction of sp³-hybridized carbons (Fsp3) is 0.304. The minimum absolute atomic E-state index is 0.120. The second-order valence-corrected chi connectivity index (χ2v) is 7.08. The minimum Gasteiger partial charge on any atom is -0.485 e. The highest BCUT2D eigenvalue weighted by atomic mass is 35.5. The first-order valence-electron chi connectivity index (χ1n) is 9.78. The third-order valence-electron chi connectivity index (χ3n) is 4.60. The smallest absolute Gasteiger partial charge is 0.341 e. The van der Waals surface area contributed by atoms with Gasteiger partial charge in [-0.2, -0.15) is 0 Å². The molecule has 166 valence electrons. The molecular formula is C23H25ClFNO5. The van der Waals surface area contributed by atoms with E-state index in [9.17, 15) is 14.0 Å². The van der Waals surface area contributed by atoms with Gasteiger partial charge >= 0.3 is 5.97 Å². The number of halogens is 2. The van der Waals surface area contributed by atoms with Crippen molar-refractivity contribution in [3.63, 3.8) is 0 Å². The summed E-state index contributed by atoms with van der Waals surface area (Å²) >= 11 is 6.03. The van der Waals surface area contributed by atoms with Crippen LogP contribution in [0.15, 0.2) is 42.5 Å². The Bertz CT molecular complexity index is 952. The molecule has 0 radical (unpaired) electrons. The number of benzene rings is 2. The fourth-order valence-corrected chi connectivity index (χ4v) is 3.06. The zero-order valence-corrected chi connectivity index (χ0v) is 18.4. The third kappa shape index (κ3) is 6.72. The second kappa shape index (κ2) is 11.4. The van der Waals surface area contributed by atoms with Gasteiger partial charge in [0.1, 0.15) is 12.4 Å². The standard InChI is InChI=1S/C23H25ClFNO5/c1-4-26(5-2)22(27)11-15(3)16-9-10-20(21(12-16)31-14-23(28)29)30-13-17-18(24)7-6-8-19(17)25/h6-12H,4-5,13-14H2,1-3H3,(H,28,29)/b15-11-. The van der Waals surface area contributed by atoms with Gasteiger partial charge in [-0.05, 0) is 56.2 Å². The van der Waals surface area contributed by atoms with Crippen LogP contribution in [-0.2, 0) is 16.2 Å². The van der Waals surface area contributed by atoms with Gasteiger partial charge in [0.05, 0.1) is 5.02 Å². The lowest BCUT2D eigenvalue weighted by Gasteiger charge is -2.17. The number of ether oxygens (including phenoxy) is 2. The zero-order chi connectivity index (χ0) is 23.0. The first kappa shape index (κ1) is 24.2. The van der Waals surface area contributed by atoms with Gasteiger partial charge < -0.3 is 19.5 Å². The molecule has 0 aliphatic rings. The maximum absolute atomic E-state index is 14.0. The largest absolute Gasteiger partial charge is 0.485 e. The summed E-state index contributed by atoms with van der Waals surface area (Å²) in [6, 6.07) is 9.20. The molecule has 1 N–H and O–H groups in total. The lowest BCUT2D eigenvalue weighted by atomic mass is 10.1. The Labute approximate surface area is 185 Å². The Morgan fingerprint density at radius 1 is 1.13 bits per heavy atom. The average Bonchev–Trinajstić information content (AvgIpc) is 2.73. The van der Waals surface area contributed by atoms with Crippen molar-refractivity contribution in [1.29, 1.82) is 0 Å². The van der Waals surface area contributed by atoms with E-state index in [0.717, 1.165) is 0 Å². The molecule has 0 aliphatic carbocycles. The molecule has 1 amide bonds. The van der Waals surface area contributed by atoms with Crippen molar-refractivity contribution >= 4 is 29.1 Å². The van der Waals surface area contributed by atoms with Crippen molar-refractivity contribution in [2.75, 3.05) is 19.7 Å². The van der Waals surface area contributed by atoms with Crippen molar-refractivity contribution in [3.05, 3.63) is 64.4 Å². The number of carboxylic acids is 1. The minimum atomic E-state index is -1.16. The molecular weight excluding hydrogens is 425 g/mol. The van der Waals surface area contributed by atoms with Gasteiger partial charge in [-0.15, -0.1) is 0 Å². The first-order valence-corrected chi connectivity index (χ1v) is 10.2. The molecule has 2 rings (SSSR count). The van der Waals surface area contributed by atoms with Gasteiger partial charge in [0, 0.05) is 24.7 Å². The van der Waals surface area contributed by atoms with E-state index in [-0.39, 0.29) is 34.6 Å². The van der Waals surface area contributed by atoms with Crippen molar-refractivity contribution in [2.24, 2.45) is 0 Å². The molecule has 0 saturated heterocycles. The van der Waals surface area contributed by atoms with Crippen LogP contribution in [0.25, 0.3) is 5.57 Å². The average molecular weight is 450 g/mol. The number of carbonyl (C=O) groups is 2. The Balaban J connectivity index is 2.30. The van der Waals surface area contributed by atoms with E-state index in [0.29, 0.717) is 24.2 Å². The molecule has 8 heteroatoms. The Kier molecular flexibility index (Phi) is 8.88. The third-order valence-corrected chi connectivity index (χ3v) is 4.95. The number of hydrogen-bond acceptors (Lipinski definition) is 4. The maximum Gasteiger partial charge on any atom is 0.341 e. The Morgan fingerprint density at radius 3 is 2.45 bits per heavy atom. The molecule has 31 heavy (non-hydrogen) atoms. The number of aliphatic carboxylic acids is 1. The highest BCUT2D eigenvalue weighted by molar-refractivity contribution is 6.31. The monoisotopic (exact) mass is 449 g/mol. The quantitative estimate of drug-likeness (QED) is 0.527. The number of allylic oxidation sites excluding steroid dienone is 1. The van der Waals surface area contributed by atoms with Gasteiger partial charge in [0.2, 0.25) is 5.91 Å². The molecule has 2 aromatic rings. The number of rotatable bonds is 10. The van der Waals surface area contributed by atoms with Crippen LogP contribution in [0.1, 0.15) is 31.9 Å². The van der Waals surface area contributed by atoms with E-state index in [4.69, 9.17) is 26.2 Å². The number of amides is 1. The van der Waals surface area contributed by atoms with E-state index in [1.165, 1.54) is 18.2 Å². The van der Waals surface area contributed by atoms with Gasteiger partial charge in [0.25, 0.3) is 0 Å². The van der Waals surface area contributed by atoms with Gasteiger partial charge in [0.15, 0.2) is 18.1 Å². The molecule has 0 atom stereocenters. The zero-order valence-electron chi connectivity index (χ0n) is 17.7. The fourth-order valence-electron chi connectivity index (χ4n) is 2.84. The van der Waals surface area contributed by atoms with Crippen LogP contribution in [0.3, 0.4) is 0 Å². The van der Waals surface area contributed by atoms with Crippen LogP contribution in [0.4, 0.5) is 4.39 Å². The summed E-state index contributed by atoms with van der Waals surface area (Å²) in [7, 11) is 0. The van der Waals surface area contributed by atoms with Crippen LogP contribution < -0.4 is 9.47 Å². The number of carbonyl (C=O) groups excluding carboxylic acids is 1. The van der Waals surface area contributed by atoms with Crippen molar-refractivity contribution < 1.29 is 28.6 Å². The molecule has 6 nitrogen and oxygen atoms in total. The highest BCUT2D eigenvalue weighted by Gasteiger charge is 2.14. The molecule has 2 aromatic carbocycles. The number of nitrogens with zero attached hydrogens (tertiary/aromatic N) is 1. The predicted octanol–water partition coefficient (Wildman–Crippen LogP) is 4.79. The molecule has 0 spiro atoms. The van der Waals surface area contributed by atoms with E-state index in [2.05, 4.69) is 0 Å². The normalized spacial score (nSPS) is 11.2. The predicted molar refractivity (Wildman–Crippen MR) is 117 cm³/mol. The number of carboxylic acid groups (broad SMARTS) is 1. The van der Waals surface area contributed by atoms with Gasteiger partial charge in [-0.1, -0.05) is 23.7 Å². The molecule has 0 bridgehead atoms. The molecule has 0 heterocycles. The van der Waals surface area contributed by atoms with E-state index in [1.54, 1.807) is 36.1 Å². The lowest BCUT2D eigenvalue weighted by Crippen LogP contribution is -2.28. The van der Waals surface area contributed by atoms with E-state index < -0.39 is 18.4 Å². The van der Waals surface area contributed by atoms with Crippen LogP contribution in [0, 0.1) is 5.82 Å². The SMILES string of the molecule is CCN(CC)C(=O)/C=C(/C)c1ccc(OCc2c(F)cccc2Cl)c(OCC(=O)O)c1. The van der Waals surface area contributed by atoms with Gasteiger partial charge in [-0.3, -0.25) is 4.79 Å². The van der Waals surface area contributed by atoms with Crippen molar-refractivity contribution in [3.8, 4) is 11.5 Å². The lowest BCUT2D eigenvalue weighted by molar-refractivity contribution is -0.139. The van der Waals surface area contributed by atoms with Crippen LogP contribution in [-0.4, -0.2) is 41.6 Å². The summed E-state index contributed by atoms with van der Waals surface area (Å²) in [4.78, 5) is 25.0. The van der Waals surface area contributed by atoms with Crippen molar-refractivity contribution in [1.82, 2.24) is 4.90 Å². The maximum atomic E-state index is 14.0. The Hall–Kier alpha value is -3.06. The summed E-state index contributed by atoms with van der Waals surface area (Å²) in [5.41, 5.74) is 1.52. The number of likely N-dealkylation sites (N-methyl/N-ethyl adjacent to an activating group) is 1. The van der Waals surface area contributed by atoms with Crippen LogP contribution in [0.2, 0.25) is 5.02 Å². The Morgan fingerprint density at radius 2 is 1.84 bits per heavy atom. The van der Waals surface area contributed by atoms with Crippen LogP contribution >= 0.6 is 11.6 Å². The molecule has 0 aromatic heterocycles. The highest BCUT2D eigenvalue weighted by Crippen LogP contribution is 2.32. The summed E-state index contributed by atoms with van der Waals surface area (Å²) in [5.74, 6) is -1.39. The van der Waals surface area contributed by atoms with E-state index in [1.807, 2.05) is 13.8 Å². The summed E-state index contributed by atoms with van der Waals surface area (Å²) in [5, 5.41) is 9.19. The summed E-state index contributed by atoms with van der Waals surface area (Å²) < 4.78 is 25.0. The molecule has 0 saturated carbocycles.